The van der Waals surface area contributed by atoms with Crippen molar-refractivity contribution in [3.05, 3.63) is 0 Å². The van der Waals surface area contributed by atoms with Crippen LogP contribution in [0.2, 0.25) is 0 Å². The summed E-state index contributed by atoms with van der Waals surface area (Å²) in [5.41, 5.74) is 0.0488. The second-order valence-electron chi connectivity index (χ2n) is 4.77. The molecule has 3 heteroatoms. The number of likely N-dealkylation sites (N-methyl/N-ethyl adjacent to an activating group) is 1. The minimum absolute atomic E-state index is 0.0488. The van der Waals surface area contributed by atoms with Crippen LogP contribution < -0.4 is 0 Å². The molecule has 0 amide bonds. The normalized spacial score (nSPS) is 27.8. The lowest BCUT2D eigenvalue weighted by Gasteiger charge is -2.34. The van der Waals surface area contributed by atoms with Crippen LogP contribution in [0.1, 0.15) is 33.6 Å². The summed E-state index contributed by atoms with van der Waals surface area (Å²) in [6.45, 7) is 12.5. The first-order chi connectivity index (χ1) is 7.16. The van der Waals surface area contributed by atoms with Crippen LogP contribution in [-0.4, -0.2) is 59.8 Å². The molecule has 0 bridgehead atoms. The van der Waals surface area contributed by atoms with Gasteiger partial charge in [0.15, 0.2) is 0 Å². The molecule has 15 heavy (non-hydrogen) atoms. The van der Waals surface area contributed by atoms with Gasteiger partial charge in [-0.25, -0.2) is 0 Å². The Balaban J connectivity index is 2.37. The van der Waals surface area contributed by atoms with Crippen LogP contribution in [0.4, 0.5) is 0 Å². The maximum atomic E-state index is 9.42. The third kappa shape index (κ3) is 3.16. The number of likely N-dealkylation sites (tertiary alicyclic amines) is 1. The fraction of sp³-hybridized carbons (Fsp3) is 1.00. The van der Waals surface area contributed by atoms with Crippen LogP contribution in [0, 0.1) is 0 Å². The molecule has 90 valence electrons. The number of nitrogens with zero attached hydrogens (tertiary/aromatic N) is 2. The number of aliphatic hydroxyl groups is 1. The van der Waals surface area contributed by atoms with Crippen molar-refractivity contribution in [3.8, 4) is 0 Å². The van der Waals surface area contributed by atoms with Crippen molar-refractivity contribution >= 4 is 0 Å². The van der Waals surface area contributed by atoms with Gasteiger partial charge in [0, 0.05) is 18.6 Å². The van der Waals surface area contributed by atoms with Crippen molar-refractivity contribution in [3.63, 3.8) is 0 Å². The van der Waals surface area contributed by atoms with Gasteiger partial charge in [0.25, 0.3) is 0 Å². The minimum Gasteiger partial charge on any atom is -0.394 e. The van der Waals surface area contributed by atoms with Crippen molar-refractivity contribution in [1.82, 2.24) is 9.80 Å². The number of rotatable bonds is 6. The molecular weight excluding hydrogens is 188 g/mol. The summed E-state index contributed by atoms with van der Waals surface area (Å²) < 4.78 is 0. The van der Waals surface area contributed by atoms with Gasteiger partial charge in [-0.1, -0.05) is 13.8 Å². The Morgan fingerprint density at radius 1 is 1.33 bits per heavy atom. The van der Waals surface area contributed by atoms with Gasteiger partial charge in [-0.3, -0.25) is 4.90 Å². The SMILES string of the molecule is CCN(CC)CCN1CCCC1(C)CO. The first-order valence-corrected chi connectivity index (χ1v) is 6.24. The Hall–Kier alpha value is -0.120. The van der Waals surface area contributed by atoms with Crippen LogP contribution >= 0.6 is 0 Å². The van der Waals surface area contributed by atoms with E-state index in [4.69, 9.17) is 0 Å². The minimum atomic E-state index is 0.0488. The molecule has 1 aliphatic rings. The molecule has 1 N–H and O–H groups in total. The molecule has 1 aliphatic heterocycles. The fourth-order valence-electron chi connectivity index (χ4n) is 2.44. The average molecular weight is 214 g/mol. The van der Waals surface area contributed by atoms with Crippen molar-refractivity contribution in [2.45, 2.75) is 39.2 Å². The molecule has 0 radical (unpaired) electrons. The van der Waals surface area contributed by atoms with E-state index in [1.165, 1.54) is 6.42 Å². The van der Waals surface area contributed by atoms with Gasteiger partial charge in [-0.05, 0) is 39.4 Å². The zero-order valence-electron chi connectivity index (χ0n) is 10.5. The van der Waals surface area contributed by atoms with Crippen molar-refractivity contribution in [2.75, 3.05) is 39.3 Å². The third-order valence-electron chi connectivity index (χ3n) is 3.83. The summed E-state index contributed by atoms with van der Waals surface area (Å²) in [5, 5.41) is 9.42. The van der Waals surface area contributed by atoms with E-state index in [0.717, 1.165) is 39.1 Å². The van der Waals surface area contributed by atoms with Crippen molar-refractivity contribution < 1.29 is 5.11 Å². The zero-order chi connectivity index (χ0) is 11.3. The van der Waals surface area contributed by atoms with E-state index in [1.54, 1.807) is 0 Å². The lowest BCUT2D eigenvalue weighted by Crippen LogP contribution is -2.47. The number of hydrogen-bond acceptors (Lipinski definition) is 3. The Bertz CT molecular complexity index is 182. The Morgan fingerprint density at radius 3 is 2.53 bits per heavy atom. The molecular formula is C12H26N2O. The molecule has 1 atom stereocenters. The van der Waals surface area contributed by atoms with E-state index in [1.807, 2.05) is 0 Å². The monoisotopic (exact) mass is 214 g/mol. The maximum Gasteiger partial charge on any atom is 0.0612 e. The van der Waals surface area contributed by atoms with Gasteiger partial charge in [0.1, 0.15) is 0 Å². The topological polar surface area (TPSA) is 26.7 Å². The average Bonchev–Trinajstić information content (AvgIpc) is 2.63. The summed E-state index contributed by atoms with van der Waals surface area (Å²) in [6, 6.07) is 0. The zero-order valence-corrected chi connectivity index (χ0v) is 10.5. The predicted molar refractivity (Wildman–Crippen MR) is 64.1 cm³/mol. The molecule has 0 saturated carbocycles. The molecule has 0 spiro atoms. The highest BCUT2D eigenvalue weighted by atomic mass is 16.3. The van der Waals surface area contributed by atoms with E-state index in [2.05, 4.69) is 30.6 Å². The predicted octanol–water partition coefficient (Wildman–Crippen LogP) is 1.18. The van der Waals surface area contributed by atoms with Gasteiger partial charge >= 0.3 is 0 Å². The van der Waals surface area contributed by atoms with Crippen LogP contribution in [0.25, 0.3) is 0 Å². The number of aliphatic hydroxyl groups excluding tert-OH is 1. The summed E-state index contributed by atoms with van der Waals surface area (Å²) in [5.74, 6) is 0. The lowest BCUT2D eigenvalue weighted by atomic mass is 10.0. The van der Waals surface area contributed by atoms with Crippen molar-refractivity contribution in [1.29, 1.82) is 0 Å². The molecule has 1 saturated heterocycles. The van der Waals surface area contributed by atoms with Crippen LogP contribution in [0.5, 0.6) is 0 Å². The standard InChI is InChI=1S/C12H26N2O/c1-4-13(5-2)9-10-14-8-6-7-12(14,3)11-15/h15H,4-11H2,1-3H3. The maximum absolute atomic E-state index is 9.42. The molecule has 0 aromatic rings. The Labute approximate surface area is 94.1 Å². The Morgan fingerprint density at radius 2 is 2.00 bits per heavy atom. The second kappa shape index (κ2) is 5.83. The van der Waals surface area contributed by atoms with Crippen LogP contribution in [0.15, 0.2) is 0 Å². The third-order valence-corrected chi connectivity index (χ3v) is 3.83. The van der Waals surface area contributed by atoms with Gasteiger partial charge in [-0.15, -0.1) is 0 Å². The summed E-state index contributed by atoms with van der Waals surface area (Å²) in [6.07, 6.45) is 2.37. The first kappa shape index (κ1) is 12.9. The van der Waals surface area contributed by atoms with E-state index in [9.17, 15) is 5.11 Å². The highest BCUT2D eigenvalue weighted by Crippen LogP contribution is 2.27. The largest absolute Gasteiger partial charge is 0.394 e. The molecule has 0 aliphatic carbocycles. The van der Waals surface area contributed by atoms with Crippen molar-refractivity contribution in [2.24, 2.45) is 0 Å². The summed E-state index contributed by atoms with van der Waals surface area (Å²) >= 11 is 0. The smallest absolute Gasteiger partial charge is 0.0612 e. The van der Waals surface area contributed by atoms with Gasteiger partial charge in [0.05, 0.1) is 6.61 Å². The molecule has 1 rings (SSSR count). The first-order valence-electron chi connectivity index (χ1n) is 6.24. The molecule has 0 aromatic heterocycles. The van der Waals surface area contributed by atoms with Crippen LogP contribution in [-0.2, 0) is 0 Å². The Kier molecular flexibility index (Phi) is 5.03. The second-order valence-corrected chi connectivity index (χ2v) is 4.77. The summed E-state index contributed by atoms with van der Waals surface area (Å²) in [4.78, 5) is 4.89. The highest BCUT2D eigenvalue weighted by molar-refractivity contribution is 4.91. The van der Waals surface area contributed by atoms with E-state index in [-0.39, 0.29) is 5.54 Å². The van der Waals surface area contributed by atoms with E-state index in [0.29, 0.717) is 6.61 Å². The molecule has 1 fully saturated rings. The molecule has 1 unspecified atom stereocenters. The van der Waals surface area contributed by atoms with Gasteiger partial charge in [0.2, 0.25) is 0 Å². The molecule has 1 heterocycles. The molecule has 0 aromatic carbocycles. The van der Waals surface area contributed by atoms with E-state index >= 15 is 0 Å². The van der Waals surface area contributed by atoms with Gasteiger partial charge < -0.3 is 10.0 Å². The number of hydrogen-bond donors (Lipinski definition) is 1. The quantitative estimate of drug-likeness (QED) is 0.719. The molecule has 3 nitrogen and oxygen atoms in total. The van der Waals surface area contributed by atoms with E-state index < -0.39 is 0 Å². The van der Waals surface area contributed by atoms with Crippen LogP contribution in [0.3, 0.4) is 0 Å². The van der Waals surface area contributed by atoms with Gasteiger partial charge in [-0.2, -0.15) is 0 Å². The fourth-order valence-corrected chi connectivity index (χ4v) is 2.44. The lowest BCUT2D eigenvalue weighted by molar-refractivity contribution is 0.0707. The summed E-state index contributed by atoms with van der Waals surface area (Å²) in [7, 11) is 0. The highest BCUT2D eigenvalue weighted by Gasteiger charge is 2.35.